The largest absolute Gasteiger partial charge is 0.296 e. The standard InChI is InChI=1S/C10H12BrClFN/c1-14(7-11)5-4-8-6-9(12)2-3-10(8)13/h2-3,6H,4-5,7H2,1H3. The third-order valence-electron chi connectivity index (χ3n) is 1.97. The molecule has 0 amide bonds. The molecule has 0 aromatic heterocycles. The van der Waals surface area contributed by atoms with Crippen molar-refractivity contribution in [2.45, 2.75) is 6.42 Å². The van der Waals surface area contributed by atoms with Crippen molar-refractivity contribution in [2.75, 3.05) is 19.0 Å². The maximum absolute atomic E-state index is 13.2. The Bertz CT molecular complexity index is 306. The average molecular weight is 281 g/mol. The molecule has 0 aliphatic rings. The van der Waals surface area contributed by atoms with E-state index in [1.54, 1.807) is 12.1 Å². The van der Waals surface area contributed by atoms with Gasteiger partial charge in [0, 0.05) is 11.6 Å². The molecule has 1 rings (SSSR count). The number of halogens is 3. The van der Waals surface area contributed by atoms with Crippen LogP contribution in [0, 0.1) is 5.82 Å². The first-order valence-corrected chi connectivity index (χ1v) is 5.82. The minimum absolute atomic E-state index is 0.183. The molecular formula is C10H12BrClFN. The first-order chi connectivity index (χ1) is 6.63. The summed E-state index contributed by atoms with van der Waals surface area (Å²) in [5, 5.41) is 0.586. The van der Waals surface area contributed by atoms with Crippen LogP contribution in [0.1, 0.15) is 5.56 Å². The van der Waals surface area contributed by atoms with Gasteiger partial charge in [0.15, 0.2) is 0 Å². The lowest BCUT2D eigenvalue weighted by Gasteiger charge is -2.12. The van der Waals surface area contributed by atoms with E-state index in [1.165, 1.54) is 6.07 Å². The van der Waals surface area contributed by atoms with E-state index in [4.69, 9.17) is 11.6 Å². The zero-order valence-corrected chi connectivity index (χ0v) is 10.3. The summed E-state index contributed by atoms with van der Waals surface area (Å²) in [6, 6.07) is 4.65. The summed E-state index contributed by atoms with van der Waals surface area (Å²) in [7, 11) is 1.97. The Kier molecular flexibility index (Phi) is 4.85. The Morgan fingerprint density at radius 1 is 1.50 bits per heavy atom. The van der Waals surface area contributed by atoms with Gasteiger partial charge in [-0.1, -0.05) is 27.5 Å². The van der Waals surface area contributed by atoms with Crippen LogP contribution in [0.4, 0.5) is 4.39 Å². The van der Waals surface area contributed by atoms with Crippen LogP contribution in [0.3, 0.4) is 0 Å². The number of rotatable bonds is 4. The Labute approximate surface area is 97.0 Å². The van der Waals surface area contributed by atoms with E-state index in [0.29, 0.717) is 17.0 Å². The molecule has 0 saturated carbocycles. The van der Waals surface area contributed by atoms with Gasteiger partial charge >= 0.3 is 0 Å². The van der Waals surface area contributed by atoms with Crippen molar-refractivity contribution in [1.82, 2.24) is 4.90 Å². The molecule has 0 aliphatic carbocycles. The highest BCUT2D eigenvalue weighted by molar-refractivity contribution is 9.09. The van der Waals surface area contributed by atoms with Gasteiger partial charge in [-0.05, 0) is 37.2 Å². The number of hydrogen-bond acceptors (Lipinski definition) is 1. The van der Waals surface area contributed by atoms with Gasteiger partial charge in [-0.25, -0.2) is 4.39 Å². The van der Waals surface area contributed by atoms with E-state index in [2.05, 4.69) is 20.8 Å². The lowest BCUT2D eigenvalue weighted by molar-refractivity contribution is 0.398. The van der Waals surface area contributed by atoms with Crippen molar-refractivity contribution in [3.8, 4) is 0 Å². The van der Waals surface area contributed by atoms with Gasteiger partial charge in [0.25, 0.3) is 0 Å². The van der Waals surface area contributed by atoms with E-state index in [-0.39, 0.29) is 5.82 Å². The van der Waals surface area contributed by atoms with Gasteiger partial charge in [0.05, 0.1) is 5.45 Å². The molecule has 0 N–H and O–H groups in total. The number of hydrogen-bond donors (Lipinski definition) is 0. The highest BCUT2D eigenvalue weighted by Crippen LogP contribution is 2.15. The van der Waals surface area contributed by atoms with E-state index in [1.807, 2.05) is 7.05 Å². The summed E-state index contributed by atoms with van der Waals surface area (Å²) in [5.41, 5.74) is 1.46. The fourth-order valence-electron chi connectivity index (χ4n) is 1.11. The third-order valence-corrected chi connectivity index (χ3v) is 3.07. The van der Waals surface area contributed by atoms with Crippen molar-refractivity contribution in [3.05, 3.63) is 34.6 Å². The maximum Gasteiger partial charge on any atom is 0.126 e. The molecule has 0 atom stereocenters. The zero-order valence-electron chi connectivity index (χ0n) is 7.93. The minimum Gasteiger partial charge on any atom is -0.296 e. The summed E-state index contributed by atoms with van der Waals surface area (Å²) < 4.78 is 13.2. The second-order valence-corrected chi connectivity index (χ2v) is 4.12. The fourth-order valence-corrected chi connectivity index (χ4v) is 1.55. The molecule has 0 spiro atoms. The lowest BCUT2D eigenvalue weighted by Crippen LogP contribution is -2.19. The molecule has 0 fully saturated rings. The quantitative estimate of drug-likeness (QED) is 0.604. The maximum atomic E-state index is 13.2. The summed E-state index contributed by atoms with van der Waals surface area (Å²) in [5.74, 6) is -0.183. The Morgan fingerprint density at radius 3 is 2.86 bits per heavy atom. The monoisotopic (exact) mass is 279 g/mol. The minimum atomic E-state index is -0.183. The molecule has 14 heavy (non-hydrogen) atoms. The lowest BCUT2D eigenvalue weighted by atomic mass is 10.1. The van der Waals surface area contributed by atoms with E-state index < -0.39 is 0 Å². The van der Waals surface area contributed by atoms with Crippen LogP contribution in [-0.4, -0.2) is 23.9 Å². The molecule has 1 aromatic rings. The molecule has 1 nitrogen and oxygen atoms in total. The van der Waals surface area contributed by atoms with Crippen LogP contribution in [0.5, 0.6) is 0 Å². The fraction of sp³-hybridized carbons (Fsp3) is 0.400. The van der Waals surface area contributed by atoms with E-state index in [9.17, 15) is 4.39 Å². The van der Waals surface area contributed by atoms with Gasteiger partial charge < -0.3 is 0 Å². The van der Waals surface area contributed by atoms with Crippen LogP contribution >= 0.6 is 27.5 Å². The van der Waals surface area contributed by atoms with E-state index in [0.717, 1.165) is 12.0 Å². The first kappa shape index (κ1) is 12.0. The Hall–Kier alpha value is -0.120. The predicted octanol–water partition coefficient (Wildman–Crippen LogP) is 3.31. The van der Waals surface area contributed by atoms with Crippen molar-refractivity contribution in [3.63, 3.8) is 0 Å². The molecule has 0 radical (unpaired) electrons. The van der Waals surface area contributed by atoms with Crippen molar-refractivity contribution < 1.29 is 4.39 Å². The molecule has 78 valence electrons. The van der Waals surface area contributed by atoms with Crippen LogP contribution in [0.15, 0.2) is 18.2 Å². The SMILES string of the molecule is CN(CBr)CCc1cc(Cl)ccc1F. The second-order valence-electron chi connectivity index (χ2n) is 3.18. The first-order valence-electron chi connectivity index (χ1n) is 4.32. The predicted molar refractivity (Wildman–Crippen MR) is 61.5 cm³/mol. The molecule has 0 heterocycles. The molecule has 0 unspecified atom stereocenters. The third kappa shape index (κ3) is 3.56. The van der Waals surface area contributed by atoms with Crippen molar-refractivity contribution >= 4 is 27.5 Å². The number of likely N-dealkylation sites (N-methyl/N-ethyl adjacent to an activating group) is 1. The molecular weight excluding hydrogens is 268 g/mol. The highest BCUT2D eigenvalue weighted by atomic mass is 79.9. The normalized spacial score (nSPS) is 10.9. The van der Waals surface area contributed by atoms with Crippen LogP contribution in [0.2, 0.25) is 5.02 Å². The Balaban J connectivity index is 2.62. The molecule has 0 aliphatic heterocycles. The average Bonchev–Trinajstić information content (AvgIpc) is 2.19. The summed E-state index contributed by atoms with van der Waals surface area (Å²) in [6.07, 6.45) is 0.675. The Morgan fingerprint density at radius 2 is 2.21 bits per heavy atom. The highest BCUT2D eigenvalue weighted by Gasteiger charge is 2.04. The van der Waals surface area contributed by atoms with Gasteiger partial charge in [0.1, 0.15) is 5.82 Å². The smallest absolute Gasteiger partial charge is 0.126 e. The summed E-state index contributed by atoms with van der Waals surface area (Å²) >= 11 is 9.10. The summed E-state index contributed by atoms with van der Waals surface area (Å²) in [6.45, 7) is 0.808. The summed E-state index contributed by atoms with van der Waals surface area (Å²) in [4.78, 5) is 2.06. The van der Waals surface area contributed by atoms with Crippen molar-refractivity contribution in [1.29, 1.82) is 0 Å². The van der Waals surface area contributed by atoms with Crippen LogP contribution in [-0.2, 0) is 6.42 Å². The number of benzene rings is 1. The number of alkyl halides is 1. The molecule has 1 aromatic carbocycles. The van der Waals surface area contributed by atoms with E-state index >= 15 is 0 Å². The van der Waals surface area contributed by atoms with Crippen LogP contribution < -0.4 is 0 Å². The van der Waals surface area contributed by atoms with Crippen LogP contribution in [0.25, 0.3) is 0 Å². The molecule has 4 heteroatoms. The zero-order chi connectivity index (χ0) is 10.6. The number of nitrogens with zero attached hydrogens (tertiary/aromatic N) is 1. The molecule has 0 bridgehead atoms. The topological polar surface area (TPSA) is 3.24 Å². The molecule has 0 saturated heterocycles. The van der Waals surface area contributed by atoms with Gasteiger partial charge in [-0.3, -0.25) is 4.90 Å². The van der Waals surface area contributed by atoms with Gasteiger partial charge in [-0.15, -0.1) is 0 Å². The van der Waals surface area contributed by atoms with Gasteiger partial charge in [-0.2, -0.15) is 0 Å². The van der Waals surface area contributed by atoms with Gasteiger partial charge in [0.2, 0.25) is 0 Å². The second kappa shape index (κ2) is 5.69. The van der Waals surface area contributed by atoms with Crippen molar-refractivity contribution in [2.24, 2.45) is 0 Å².